The van der Waals surface area contributed by atoms with Gasteiger partial charge in [-0.05, 0) is 47.9 Å². The molecule has 1 aromatic rings. The second kappa shape index (κ2) is 6.03. The summed E-state index contributed by atoms with van der Waals surface area (Å²) in [4.78, 5) is 0. The van der Waals surface area contributed by atoms with Crippen molar-refractivity contribution in [3.05, 3.63) is 34.6 Å². The minimum absolute atomic E-state index is 0.203. The average Bonchev–Trinajstić information content (AvgIpc) is 2.18. The van der Waals surface area contributed by atoms with Gasteiger partial charge in [0.25, 0.3) is 0 Å². The van der Waals surface area contributed by atoms with Gasteiger partial charge in [-0.1, -0.05) is 39.3 Å². The first-order valence-electron chi connectivity index (χ1n) is 6.39. The van der Waals surface area contributed by atoms with Gasteiger partial charge in [-0.25, -0.2) is 4.39 Å². The summed E-state index contributed by atoms with van der Waals surface area (Å²) in [6.45, 7) is 8.82. The molecular formula is C15H23ClFN. The summed E-state index contributed by atoms with van der Waals surface area (Å²) in [5.74, 6) is 0.202. The Hall–Kier alpha value is -0.600. The van der Waals surface area contributed by atoms with E-state index in [0.717, 1.165) is 12.8 Å². The summed E-state index contributed by atoms with van der Waals surface area (Å²) in [6.07, 6.45) is 1.91. The fourth-order valence-corrected chi connectivity index (χ4v) is 2.75. The van der Waals surface area contributed by atoms with E-state index in [0.29, 0.717) is 16.5 Å². The van der Waals surface area contributed by atoms with E-state index in [1.54, 1.807) is 6.07 Å². The van der Waals surface area contributed by atoms with Crippen molar-refractivity contribution < 1.29 is 4.39 Å². The number of hydrogen-bond acceptors (Lipinski definition) is 1. The molecule has 18 heavy (non-hydrogen) atoms. The summed E-state index contributed by atoms with van der Waals surface area (Å²) in [7, 11) is 0. The summed E-state index contributed by atoms with van der Waals surface area (Å²) in [5, 5.41) is 0.548. The van der Waals surface area contributed by atoms with Crippen LogP contribution >= 0.6 is 11.6 Å². The van der Waals surface area contributed by atoms with Crippen LogP contribution in [-0.4, -0.2) is 0 Å². The molecule has 0 saturated carbocycles. The Morgan fingerprint density at radius 2 is 1.94 bits per heavy atom. The van der Waals surface area contributed by atoms with Gasteiger partial charge in [0.05, 0.1) is 0 Å². The van der Waals surface area contributed by atoms with Gasteiger partial charge in [-0.2, -0.15) is 0 Å². The van der Waals surface area contributed by atoms with E-state index in [-0.39, 0.29) is 17.3 Å². The quantitative estimate of drug-likeness (QED) is 0.825. The zero-order valence-corrected chi connectivity index (χ0v) is 12.4. The van der Waals surface area contributed by atoms with Crippen molar-refractivity contribution in [2.45, 2.75) is 46.6 Å². The average molecular weight is 272 g/mol. The molecule has 0 aliphatic carbocycles. The molecular weight excluding hydrogens is 249 g/mol. The molecule has 1 aromatic carbocycles. The lowest BCUT2D eigenvalue weighted by Crippen LogP contribution is -2.18. The normalized spacial score (nSPS) is 15.5. The first-order valence-corrected chi connectivity index (χ1v) is 6.77. The van der Waals surface area contributed by atoms with E-state index in [4.69, 9.17) is 17.3 Å². The van der Waals surface area contributed by atoms with Crippen LogP contribution in [0.1, 0.15) is 52.1 Å². The van der Waals surface area contributed by atoms with Crippen molar-refractivity contribution in [2.24, 2.45) is 17.1 Å². The van der Waals surface area contributed by atoms with Gasteiger partial charge in [0.2, 0.25) is 0 Å². The van der Waals surface area contributed by atoms with Crippen molar-refractivity contribution in [3.63, 3.8) is 0 Å². The summed E-state index contributed by atoms with van der Waals surface area (Å²) in [6, 6.07) is 4.17. The van der Waals surface area contributed by atoms with Gasteiger partial charge in [0.1, 0.15) is 5.82 Å². The Morgan fingerprint density at radius 1 is 1.33 bits per heavy atom. The second-order valence-electron chi connectivity index (χ2n) is 6.38. The molecule has 1 rings (SSSR count). The monoisotopic (exact) mass is 271 g/mol. The SMILES string of the molecule is CC(CC(N)c1cc(F)ccc1Cl)CC(C)(C)C. The van der Waals surface area contributed by atoms with Gasteiger partial charge >= 0.3 is 0 Å². The molecule has 0 radical (unpaired) electrons. The molecule has 3 heteroatoms. The Morgan fingerprint density at radius 3 is 2.50 bits per heavy atom. The van der Waals surface area contributed by atoms with Crippen molar-refractivity contribution in [1.82, 2.24) is 0 Å². The molecule has 0 spiro atoms. The molecule has 1 nitrogen and oxygen atoms in total. The Labute approximate surface area is 115 Å². The molecule has 102 valence electrons. The fourth-order valence-electron chi connectivity index (χ4n) is 2.49. The van der Waals surface area contributed by atoms with Crippen molar-refractivity contribution >= 4 is 11.6 Å². The third kappa shape index (κ3) is 4.95. The maximum Gasteiger partial charge on any atom is 0.123 e. The summed E-state index contributed by atoms with van der Waals surface area (Å²) < 4.78 is 13.2. The van der Waals surface area contributed by atoms with Gasteiger partial charge in [0, 0.05) is 11.1 Å². The highest BCUT2D eigenvalue weighted by molar-refractivity contribution is 6.31. The summed E-state index contributed by atoms with van der Waals surface area (Å²) in [5.41, 5.74) is 7.12. The van der Waals surface area contributed by atoms with E-state index < -0.39 is 0 Å². The Bertz CT molecular complexity index is 398. The van der Waals surface area contributed by atoms with Crippen LogP contribution in [-0.2, 0) is 0 Å². The van der Waals surface area contributed by atoms with Crippen LogP contribution in [0.5, 0.6) is 0 Å². The van der Waals surface area contributed by atoms with Crippen LogP contribution in [0.3, 0.4) is 0 Å². The predicted octanol–water partition coefficient (Wildman–Crippen LogP) is 4.94. The highest BCUT2D eigenvalue weighted by Crippen LogP contribution is 2.31. The number of rotatable bonds is 4. The van der Waals surface area contributed by atoms with E-state index in [9.17, 15) is 4.39 Å². The van der Waals surface area contributed by atoms with Gasteiger partial charge in [0.15, 0.2) is 0 Å². The first kappa shape index (κ1) is 15.5. The number of benzene rings is 1. The van der Waals surface area contributed by atoms with Crippen molar-refractivity contribution in [1.29, 1.82) is 0 Å². The standard InChI is InChI=1S/C15H23ClFN/c1-10(9-15(2,3)4)7-14(18)12-8-11(17)5-6-13(12)16/h5-6,8,10,14H,7,9,18H2,1-4H3. The largest absolute Gasteiger partial charge is 0.324 e. The van der Waals surface area contributed by atoms with Crippen molar-refractivity contribution in [2.75, 3.05) is 0 Å². The minimum atomic E-state index is -0.284. The van der Waals surface area contributed by atoms with E-state index >= 15 is 0 Å². The number of nitrogens with two attached hydrogens (primary N) is 1. The van der Waals surface area contributed by atoms with Crippen LogP contribution < -0.4 is 5.73 Å². The van der Waals surface area contributed by atoms with E-state index in [2.05, 4.69) is 27.7 Å². The molecule has 2 atom stereocenters. The Balaban J connectivity index is 2.70. The fraction of sp³-hybridized carbons (Fsp3) is 0.600. The predicted molar refractivity (Wildman–Crippen MR) is 76.2 cm³/mol. The van der Waals surface area contributed by atoms with Crippen LogP contribution in [0.15, 0.2) is 18.2 Å². The maximum atomic E-state index is 13.2. The molecule has 0 heterocycles. The maximum absolute atomic E-state index is 13.2. The molecule has 0 fully saturated rings. The molecule has 2 N–H and O–H groups in total. The lowest BCUT2D eigenvalue weighted by atomic mass is 9.82. The number of halogens is 2. The van der Waals surface area contributed by atoms with Crippen LogP contribution in [0, 0.1) is 17.2 Å². The van der Waals surface area contributed by atoms with E-state index in [1.165, 1.54) is 12.1 Å². The third-order valence-corrected chi connectivity index (χ3v) is 3.32. The molecule has 0 bridgehead atoms. The van der Waals surface area contributed by atoms with Crippen molar-refractivity contribution in [3.8, 4) is 0 Å². The summed E-state index contributed by atoms with van der Waals surface area (Å²) >= 11 is 6.06. The van der Waals surface area contributed by atoms with E-state index in [1.807, 2.05) is 0 Å². The zero-order valence-electron chi connectivity index (χ0n) is 11.6. The topological polar surface area (TPSA) is 26.0 Å². The lowest BCUT2D eigenvalue weighted by molar-refractivity contribution is 0.286. The third-order valence-electron chi connectivity index (χ3n) is 2.97. The lowest BCUT2D eigenvalue weighted by Gasteiger charge is -2.25. The van der Waals surface area contributed by atoms with Crippen LogP contribution in [0.25, 0.3) is 0 Å². The first-order chi connectivity index (χ1) is 8.19. The second-order valence-corrected chi connectivity index (χ2v) is 6.79. The van der Waals surface area contributed by atoms with Gasteiger partial charge in [-0.15, -0.1) is 0 Å². The highest BCUT2D eigenvalue weighted by Gasteiger charge is 2.19. The minimum Gasteiger partial charge on any atom is -0.324 e. The van der Waals surface area contributed by atoms with Crippen LogP contribution in [0.4, 0.5) is 4.39 Å². The molecule has 0 aliphatic rings. The molecule has 0 aliphatic heterocycles. The molecule has 0 aromatic heterocycles. The van der Waals surface area contributed by atoms with Crippen LogP contribution in [0.2, 0.25) is 5.02 Å². The molecule has 2 unspecified atom stereocenters. The smallest absolute Gasteiger partial charge is 0.123 e. The number of hydrogen-bond donors (Lipinski definition) is 1. The zero-order chi connectivity index (χ0) is 13.9. The van der Waals surface area contributed by atoms with Gasteiger partial charge in [-0.3, -0.25) is 0 Å². The molecule has 0 amide bonds. The van der Waals surface area contributed by atoms with Gasteiger partial charge < -0.3 is 5.73 Å². The Kier molecular flexibility index (Phi) is 5.18. The highest BCUT2D eigenvalue weighted by atomic mass is 35.5. The molecule has 0 saturated heterocycles.